The van der Waals surface area contributed by atoms with Crippen LogP contribution in [0.25, 0.3) is 0 Å². The molecule has 3 nitrogen and oxygen atoms in total. The maximum Gasteiger partial charge on any atom is 0.225 e. The highest BCUT2D eigenvalue weighted by molar-refractivity contribution is 5.81. The number of amides is 1. The van der Waals surface area contributed by atoms with Gasteiger partial charge in [0.2, 0.25) is 5.91 Å². The van der Waals surface area contributed by atoms with Crippen LogP contribution in [0, 0.1) is 5.92 Å². The summed E-state index contributed by atoms with van der Waals surface area (Å²) in [6, 6.07) is 9.35. The quantitative estimate of drug-likeness (QED) is 0.803. The minimum atomic E-state index is 0.378. The third kappa shape index (κ3) is 2.06. The van der Waals surface area contributed by atoms with E-state index < -0.39 is 0 Å². The number of hydrogen-bond donors (Lipinski definition) is 0. The number of fused-ring (bicyclic) bond motifs is 1. The molecule has 1 saturated heterocycles. The smallest absolute Gasteiger partial charge is 0.225 e. The first-order valence-corrected chi connectivity index (χ1v) is 7.41. The van der Waals surface area contributed by atoms with Crippen molar-refractivity contribution in [3.63, 3.8) is 0 Å². The fourth-order valence-electron chi connectivity index (χ4n) is 3.28. The summed E-state index contributed by atoms with van der Waals surface area (Å²) in [7, 11) is 0. The van der Waals surface area contributed by atoms with Crippen LogP contribution in [0.3, 0.4) is 0 Å². The Morgan fingerprint density at radius 2 is 1.84 bits per heavy atom. The van der Waals surface area contributed by atoms with Crippen LogP contribution in [0.2, 0.25) is 0 Å². The van der Waals surface area contributed by atoms with Gasteiger partial charge in [0.25, 0.3) is 0 Å². The van der Waals surface area contributed by atoms with Gasteiger partial charge in [-0.1, -0.05) is 24.3 Å². The zero-order chi connectivity index (χ0) is 12.8. The van der Waals surface area contributed by atoms with Gasteiger partial charge in [-0.15, -0.1) is 0 Å². The molecular weight excluding hydrogens is 236 g/mol. The molecule has 1 aromatic carbocycles. The van der Waals surface area contributed by atoms with E-state index in [-0.39, 0.29) is 0 Å². The summed E-state index contributed by atoms with van der Waals surface area (Å²) in [6.45, 7) is 4.12. The molecule has 0 radical (unpaired) electrons. The Kier molecular flexibility index (Phi) is 2.62. The van der Waals surface area contributed by atoms with Crippen molar-refractivity contribution in [1.82, 2.24) is 9.80 Å². The number of rotatable bonds is 2. The highest BCUT2D eigenvalue weighted by Gasteiger charge is 2.41. The lowest BCUT2D eigenvalue weighted by atomic mass is 9.96. The summed E-state index contributed by atoms with van der Waals surface area (Å²) in [4.78, 5) is 16.5. The molecule has 3 heteroatoms. The second-order valence-electron chi connectivity index (χ2n) is 6.16. The molecule has 19 heavy (non-hydrogen) atoms. The van der Waals surface area contributed by atoms with Crippen LogP contribution < -0.4 is 0 Å². The minimum absolute atomic E-state index is 0.378. The van der Waals surface area contributed by atoms with Crippen LogP contribution in [-0.4, -0.2) is 41.4 Å². The van der Waals surface area contributed by atoms with E-state index in [2.05, 4.69) is 34.1 Å². The topological polar surface area (TPSA) is 23.6 Å². The van der Waals surface area contributed by atoms with Gasteiger partial charge in [-0.05, 0) is 30.4 Å². The summed E-state index contributed by atoms with van der Waals surface area (Å²) in [5.41, 5.74) is 2.98. The Labute approximate surface area is 114 Å². The van der Waals surface area contributed by atoms with Crippen molar-refractivity contribution in [2.24, 2.45) is 5.92 Å². The van der Waals surface area contributed by atoms with E-state index in [4.69, 9.17) is 0 Å². The van der Waals surface area contributed by atoms with E-state index >= 15 is 0 Å². The molecule has 2 fully saturated rings. The summed E-state index contributed by atoms with van der Waals surface area (Å²) >= 11 is 0. The number of nitrogens with zero attached hydrogens (tertiary/aromatic N) is 2. The second kappa shape index (κ2) is 4.34. The van der Waals surface area contributed by atoms with Crippen molar-refractivity contribution in [3.05, 3.63) is 35.4 Å². The highest BCUT2D eigenvalue weighted by Crippen LogP contribution is 2.33. The molecule has 1 aromatic rings. The summed E-state index contributed by atoms with van der Waals surface area (Å²) in [5, 5.41) is 0. The highest BCUT2D eigenvalue weighted by atomic mass is 16.2. The number of benzene rings is 1. The molecule has 0 unspecified atom stereocenters. The number of carbonyl (C=O) groups is 1. The zero-order valence-electron chi connectivity index (χ0n) is 11.2. The monoisotopic (exact) mass is 256 g/mol. The van der Waals surface area contributed by atoms with Crippen LogP contribution in [0.4, 0.5) is 0 Å². The van der Waals surface area contributed by atoms with E-state index in [9.17, 15) is 4.79 Å². The Morgan fingerprint density at radius 1 is 1.11 bits per heavy atom. The van der Waals surface area contributed by atoms with E-state index in [1.165, 1.54) is 11.1 Å². The maximum absolute atomic E-state index is 11.9. The summed E-state index contributed by atoms with van der Waals surface area (Å²) < 4.78 is 0. The molecular formula is C16H20N2O. The van der Waals surface area contributed by atoms with Crippen molar-refractivity contribution in [2.45, 2.75) is 31.8 Å². The lowest BCUT2D eigenvalue weighted by Gasteiger charge is -2.47. The SMILES string of the molecule is O=C(C1CC1)N1CC(N2CCc3ccccc3C2)C1. The average Bonchev–Trinajstić information content (AvgIpc) is 3.21. The molecule has 1 saturated carbocycles. The molecule has 3 aliphatic rings. The molecule has 0 spiro atoms. The van der Waals surface area contributed by atoms with Crippen molar-refractivity contribution in [2.75, 3.05) is 19.6 Å². The molecule has 1 aliphatic carbocycles. The van der Waals surface area contributed by atoms with Gasteiger partial charge >= 0.3 is 0 Å². The Balaban J connectivity index is 1.37. The summed E-state index contributed by atoms with van der Waals surface area (Å²) in [6.07, 6.45) is 3.40. The maximum atomic E-state index is 11.9. The fourth-order valence-corrected chi connectivity index (χ4v) is 3.28. The first-order valence-electron chi connectivity index (χ1n) is 7.41. The number of hydrogen-bond acceptors (Lipinski definition) is 2. The van der Waals surface area contributed by atoms with Crippen molar-refractivity contribution in [3.8, 4) is 0 Å². The molecule has 2 heterocycles. The van der Waals surface area contributed by atoms with E-state index in [1.54, 1.807) is 0 Å². The lowest BCUT2D eigenvalue weighted by Crippen LogP contribution is -2.61. The van der Waals surface area contributed by atoms with Crippen LogP contribution >= 0.6 is 0 Å². The number of carbonyl (C=O) groups excluding carboxylic acids is 1. The van der Waals surface area contributed by atoms with Crippen molar-refractivity contribution >= 4 is 5.91 Å². The Bertz CT molecular complexity index is 503. The van der Waals surface area contributed by atoms with Gasteiger partial charge in [0.05, 0.1) is 0 Å². The molecule has 100 valence electrons. The van der Waals surface area contributed by atoms with Crippen molar-refractivity contribution < 1.29 is 4.79 Å². The van der Waals surface area contributed by atoms with E-state index in [0.29, 0.717) is 17.9 Å². The summed E-state index contributed by atoms with van der Waals surface area (Å²) in [5.74, 6) is 0.789. The molecule has 4 rings (SSSR count). The van der Waals surface area contributed by atoms with Gasteiger partial charge < -0.3 is 4.90 Å². The van der Waals surface area contributed by atoms with Crippen LogP contribution in [-0.2, 0) is 17.8 Å². The Hall–Kier alpha value is -1.35. The van der Waals surface area contributed by atoms with E-state index in [0.717, 1.165) is 45.4 Å². The third-order valence-corrected chi connectivity index (χ3v) is 4.78. The molecule has 0 bridgehead atoms. The standard InChI is InChI=1S/C16H20N2O/c19-16(13-5-6-13)18-10-15(11-18)17-8-7-12-3-1-2-4-14(12)9-17/h1-4,13,15H,5-11H2. The van der Waals surface area contributed by atoms with Crippen LogP contribution in [0.5, 0.6) is 0 Å². The third-order valence-electron chi connectivity index (χ3n) is 4.78. The average molecular weight is 256 g/mol. The first kappa shape index (κ1) is 11.5. The molecule has 0 aromatic heterocycles. The predicted octanol–water partition coefficient (Wildman–Crippen LogP) is 1.67. The molecule has 0 N–H and O–H groups in total. The lowest BCUT2D eigenvalue weighted by molar-refractivity contribution is -0.140. The van der Waals surface area contributed by atoms with Gasteiger partial charge in [-0.3, -0.25) is 9.69 Å². The van der Waals surface area contributed by atoms with Gasteiger partial charge in [0.1, 0.15) is 0 Å². The van der Waals surface area contributed by atoms with Gasteiger partial charge in [0.15, 0.2) is 0 Å². The minimum Gasteiger partial charge on any atom is -0.339 e. The van der Waals surface area contributed by atoms with Crippen LogP contribution in [0.1, 0.15) is 24.0 Å². The van der Waals surface area contributed by atoms with Gasteiger partial charge in [-0.25, -0.2) is 0 Å². The van der Waals surface area contributed by atoms with Crippen LogP contribution in [0.15, 0.2) is 24.3 Å². The largest absolute Gasteiger partial charge is 0.339 e. The molecule has 0 atom stereocenters. The zero-order valence-corrected chi connectivity index (χ0v) is 11.2. The fraction of sp³-hybridized carbons (Fsp3) is 0.562. The number of likely N-dealkylation sites (tertiary alicyclic amines) is 1. The molecule has 1 amide bonds. The second-order valence-corrected chi connectivity index (χ2v) is 6.16. The predicted molar refractivity (Wildman–Crippen MR) is 73.6 cm³/mol. The molecule has 2 aliphatic heterocycles. The van der Waals surface area contributed by atoms with Gasteiger partial charge in [-0.2, -0.15) is 0 Å². The Morgan fingerprint density at radius 3 is 2.58 bits per heavy atom. The first-order chi connectivity index (χ1) is 9.31. The van der Waals surface area contributed by atoms with Crippen molar-refractivity contribution in [1.29, 1.82) is 0 Å². The van der Waals surface area contributed by atoms with E-state index in [1.807, 2.05) is 0 Å². The van der Waals surface area contributed by atoms with Gasteiger partial charge in [0, 0.05) is 38.1 Å². The normalized spacial score (nSPS) is 23.9.